The summed E-state index contributed by atoms with van der Waals surface area (Å²) in [6.07, 6.45) is 9.23. The van der Waals surface area contributed by atoms with Gasteiger partial charge in [-0.2, -0.15) is 0 Å². The highest BCUT2D eigenvalue weighted by atomic mass is 32.2. The first-order chi connectivity index (χ1) is 14.2. The number of nitrogens with zero attached hydrogens (tertiary/aromatic N) is 4. The minimum absolute atomic E-state index is 0.252. The molecule has 0 unspecified atom stereocenters. The van der Waals surface area contributed by atoms with E-state index in [9.17, 15) is 9.18 Å². The Morgan fingerprint density at radius 2 is 2.10 bits per heavy atom. The van der Waals surface area contributed by atoms with E-state index in [2.05, 4.69) is 20.3 Å². The fourth-order valence-corrected chi connectivity index (χ4v) is 4.82. The first-order valence-electron chi connectivity index (χ1n) is 9.16. The largest absolute Gasteiger partial charge is 0.346 e. The van der Waals surface area contributed by atoms with Crippen LogP contribution in [-0.2, 0) is 6.54 Å². The molecular weight excluding hydrogens is 409 g/mol. The van der Waals surface area contributed by atoms with Gasteiger partial charge in [0.15, 0.2) is 10.3 Å². The summed E-state index contributed by atoms with van der Waals surface area (Å²) >= 11 is 2.75. The molecular formula is C20H16FN5OS2. The van der Waals surface area contributed by atoms with Crippen LogP contribution in [0.3, 0.4) is 0 Å². The van der Waals surface area contributed by atoms with Gasteiger partial charge < -0.3 is 4.57 Å². The van der Waals surface area contributed by atoms with Crippen molar-refractivity contribution >= 4 is 45.0 Å². The van der Waals surface area contributed by atoms with Crippen molar-refractivity contribution in [2.75, 3.05) is 5.32 Å². The van der Waals surface area contributed by atoms with E-state index in [0.29, 0.717) is 21.8 Å². The van der Waals surface area contributed by atoms with Crippen LogP contribution >= 0.6 is 23.1 Å². The first-order valence-corrected chi connectivity index (χ1v) is 10.8. The Bertz CT molecular complexity index is 1190. The van der Waals surface area contributed by atoms with Crippen molar-refractivity contribution in [1.29, 1.82) is 0 Å². The number of halogens is 1. The number of rotatable bonds is 6. The fraction of sp³-hybridized carbons (Fsp3) is 0.200. The Kier molecular flexibility index (Phi) is 4.76. The van der Waals surface area contributed by atoms with Gasteiger partial charge in [0.1, 0.15) is 5.82 Å². The lowest BCUT2D eigenvalue weighted by molar-refractivity contribution is 0.102. The standard InChI is InChI=1S/C20H16FN5OS2/c21-13-4-5-14-15(11-26(16(14)8-13)10-12-2-3-12)18(27)25-20-24-9-17(29-20)28-19-22-6-1-7-23-19/h1,4-9,11-12H,2-3,10H2,(H,24,25,27). The summed E-state index contributed by atoms with van der Waals surface area (Å²) in [5, 5.41) is 4.73. The van der Waals surface area contributed by atoms with Gasteiger partial charge in [-0.15, -0.1) is 0 Å². The number of aromatic nitrogens is 4. The second-order valence-electron chi connectivity index (χ2n) is 6.87. The van der Waals surface area contributed by atoms with Crippen LogP contribution in [0.4, 0.5) is 9.52 Å². The Morgan fingerprint density at radius 3 is 2.90 bits per heavy atom. The monoisotopic (exact) mass is 425 g/mol. The highest BCUT2D eigenvalue weighted by Crippen LogP contribution is 2.34. The van der Waals surface area contributed by atoms with E-state index in [0.717, 1.165) is 21.7 Å². The van der Waals surface area contributed by atoms with E-state index in [1.54, 1.807) is 30.7 Å². The van der Waals surface area contributed by atoms with Crippen LogP contribution in [0.1, 0.15) is 23.2 Å². The van der Waals surface area contributed by atoms with Gasteiger partial charge in [0.25, 0.3) is 5.91 Å². The third-order valence-electron chi connectivity index (χ3n) is 4.68. The molecule has 1 fully saturated rings. The quantitative estimate of drug-likeness (QED) is 0.448. The lowest BCUT2D eigenvalue weighted by atomic mass is 10.1. The molecule has 5 rings (SSSR count). The molecule has 146 valence electrons. The van der Waals surface area contributed by atoms with Crippen LogP contribution in [0.5, 0.6) is 0 Å². The summed E-state index contributed by atoms with van der Waals surface area (Å²) in [4.78, 5) is 25.5. The van der Waals surface area contributed by atoms with Gasteiger partial charge in [-0.3, -0.25) is 10.1 Å². The molecule has 29 heavy (non-hydrogen) atoms. The number of hydrogen-bond donors (Lipinski definition) is 1. The molecule has 1 N–H and O–H groups in total. The van der Waals surface area contributed by atoms with E-state index >= 15 is 0 Å². The lowest BCUT2D eigenvalue weighted by Crippen LogP contribution is -2.11. The maximum absolute atomic E-state index is 13.8. The maximum Gasteiger partial charge on any atom is 0.259 e. The smallest absolute Gasteiger partial charge is 0.259 e. The van der Waals surface area contributed by atoms with Crippen LogP contribution in [-0.4, -0.2) is 25.4 Å². The highest BCUT2D eigenvalue weighted by Gasteiger charge is 2.24. The summed E-state index contributed by atoms with van der Waals surface area (Å²) in [6, 6.07) is 6.30. The van der Waals surface area contributed by atoms with Crippen molar-refractivity contribution in [3.05, 3.63) is 60.4 Å². The van der Waals surface area contributed by atoms with Crippen molar-refractivity contribution in [3.63, 3.8) is 0 Å². The molecule has 6 nitrogen and oxygen atoms in total. The van der Waals surface area contributed by atoms with Crippen LogP contribution < -0.4 is 5.32 Å². The Labute approximate surface area is 174 Å². The fourth-order valence-electron chi connectivity index (χ4n) is 3.13. The third-order valence-corrected chi connectivity index (χ3v) is 6.59. The molecule has 1 aromatic carbocycles. The third kappa shape index (κ3) is 4.01. The number of anilines is 1. The molecule has 4 aromatic rings. The van der Waals surface area contributed by atoms with Crippen molar-refractivity contribution < 1.29 is 9.18 Å². The molecule has 1 aliphatic rings. The predicted molar refractivity (Wildman–Crippen MR) is 111 cm³/mol. The zero-order chi connectivity index (χ0) is 19.8. The van der Waals surface area contributed by atoms with Crippen LogP contribution in [0.25, 0.3) is 10.9 Å². The van der Waals surface area contributed by atoms with Gasteiger partial charge in [0, 0.05) is 30.5 Å². The molecule has 0 aliphatic heterocycles. The normalized spacial score (nSPS) is 13.7. The first kappa shape index (κ1) is 18.3. The molecule has 3 aromatic heterocycles. The summed E-state index contributed by atoms with van der Waals surface area (Å²) in [5.41, 5.74) is 1.27. The van der Waals surface area contributed by atoms with E-state index in [4.69, 9.17) is 0 Å². The highest BCUT2D eigenvalue weighted by molar-refractivity contribution is 8.01. The summed E-state index contributed by atoms with van der Waals surface area (Å²) < 4.78 is 16.6. The van der Waals surface area contributed by atoms with Crippen molar-refractivity contribution in [3.8, 4) is 0 Å². The average molecular weight is 426 g/mol. The number of amides is 1. The molecule has 3 heterocycles. The van der Waals surface area contributed by atoms with Gasteiger partial charge in [0.2, 0.25) is 0 Å². The Hall–Kier alpha value is -2.78. The van der Waals surface area contributed by atoms with E-state index in [1.165, 1.54) is 48.1 Å². The lowest BCUT2D eigenvalue weighted by Gasteiger charge is -2.02. The molecule has 0 radical (unpaired) electrons. The summed E-state index contributed by atoms with van der Waals surface area (Å²) in [6.45, 7) is 0.808. The van der Waals surface area contributed by atoms with Gasteiger partial charge in [-0.05, 0) is 54.8 Å². The van der Waals surface area contributed by atoms with Crippen molar-refractivity contribution in [2.45, 2.75) is 28.8 Å². The molecule has 0 saturated heterocycles. The molecule has 0 atom stereocenters. The maximum atomic E-state index is 13.8. The van der Waals surface area contributed by atoms with Crippen molar-refractivity contribution in [1.82, 2.24) is 19.5 Å². The van der Waals surface area contributed by atoms with E-state index in [-0.39, 0.29) is 11.7 Å². The van der Waals surface area contributed by atoms with Gasteiger partial charge in [-0.25, -0.2) is 19.3 Å². The van der Waals surface area contributed by atoms with Crippen LogP contribution in [0.2, 0.25) is 0 Å². The SMILES string of the molecule is O=C(Nc1ncc(Sc2ncccn2)s1)c1cn(CC2CC2)c2cc(F)ccc12. The molecule has 0 bridgehead atoms. The van der Waals surface area contributed by atoms with Gasteiger partial charge in [-0.1, -0.05) is 11.3 Å². The number of benzene rings is 1. The number of hydrogen-bond acceptors (Lipinski definition) is 6. The Balaban J connectivity index is 1.37. The van der Waals surface area contributed by atoms with E-state index in [1.807, 2.05) is 10.8 Å². The Morgan fingerprint density at radius 1 is 1.28 bits per heavy atom. The molecule has 1 amide bonds. The number of carbonyl (C=O) groups excluding carboxylic acids is 1. The van der Waals surface area contributed by atoms with E-state index < -0.39 is 0 Å². The average Bonchev–Trinajstić information content (AvgIpc) is 3.32. The second-order valence-corrected chi connectivity index (χ2v) is 9.17. The minimum Gasteiger partial charge on any atom is -0.346 e. The predicted octanol–water partition coefficient (Wildman–Crippen LogP) is 4.84. The minimum atomic E-state index is -0.302. The van der Waals surface area contributed by atoms with Gasteiger partial charge >= 0.3 is 0 Å². The van der Waals surface area contributed by atoms with Crippen molar-refractivity contribution in [2.24, 2.45) is 5.92 Å². The summed E-state index contributed by atoms with van der Waals surface area (Å²) in [7, 11) is 0. The summed E-state index contributed by atoms with van der Waals surface area (Å²) in [5.74, 6) is 0.0610. The van der Waals surface area contributed by atoms with Crippen LogP contribution in [0, 0.1) is 11.7 Å². The molecule has 9 heteroatoms. The van der Waals surface area contributed by atoms with Crippen LogP contribution in [0.15, 0.2) is 58.4 Å². The number of nitrogens with one attached hydrogen (secondary N) is 1. The molecule has 1 aliphatic carbocycles. The molecule has 1 saturated carbocycles. The second kappa shape index (κ2) is 7.57. The zero-order valence-corrected chi connectivity index (χ0v) is 16.8. The number of carbonyl (C=O) groups is 1. The number of fused-ring (bicyclic) bond motifs is 1. The number of thiazole rings is 1. The zero-order valence-electron chi connectivity index (χ0n) is 15.2. The topological polar surface area (TPSA) is 72.7 Å². The van der Waals surface area contributed by atoms with Gasteiger partial charge in [0.05, 0.1) is 21.5 Å². The molecule has 0 spiro atoms.